The number of nitrogens with one attached hydrogen (secondary N) is 3. The fraction of sp³-hybridized carbons (Fsp3) is 0.0541. The zero-order chi connectivity index (χ0) is 32.5. The van der Waals surface area contributed by atoms with Gasteiger partial charge < -0.3 is 16.0 Å². The molecule has 5 rings (SSSR count). The van der Waals surface area contributed by atoms with Crippen molar-refractivity contribution in [1.29, 1.82) is 0 Å². The molecule has 0 aliphatic rings. The van der Waals surface area contributed by atoms with Crippen molar-refractivity contribution >= 4 is 70.1 Å². The third-order valence-corrected chi connectivity index (χ3v) is 8.83. The summed E-state index contributed by atoms with van der Waals surface area (Å²) in [6.45, 7) is 1.85. The quantitative estimate of drug-likeness (QED) is 0.103. The lowest BCUT2D eigenvalue weighted by molar-refractivity contribution is -0.116. The predicted molar refractivity (Wildman–Crippen MR) is 188 cm³/mol. The zero-order valence-electron chi connectivity index (χ0n) is 24.7. The van der Waals surface area contributed by atoms with Crippen LogP contribution in [0.5, 0.6) is 0 Å². The van der Waals surface area contributed by atoms with Gasteiger partial charge in [-0.2, -0.15) is 0 Å². The lowest BCUT2D eigenvalue weighted by atomic mass is 10.1. The number of hydrogen-bond acceptors (Lipinski definition) is 4. The Morgan fingerprint density at radius 3 is 2.13 bits per heavy atom. The Bertz CT molecular complexity index is 1880. The molecule has 6 nitrogen and oxygen atoms in total. The molecule has 5 aromatic rings. The molecule has 0 saturated heterocycles. The highest BCUT2D eigenvalue weighted by Gasteiger charge is 2.23. The van der Waals surface area contributed by atoms with Gasteiger partial charge in [-0.1, -0.05) is 96.0 Å². The smallest absolute Gasteiger partial charge is 0.272 e. The maximum Gasteiger partial charge on any atom is 0.272 e. The van der Waals surface area contributed by atoms with Gasteiger partial charge in [-0.3, -0.25) is 14.4 Å². The fourth-order valence-electron chi connectivity index (χ4n) is 4.49. The van der Waals surface area contributed by atoms with Crippen molar-refractivity contribution in [1.82, 2.24) is 5.32 Å². The minimum Gasteiger partial charge on any atom is -0.325 e. The van der Waals surface area contributed by atoms with E-state index in [9.17, 15) is 14.4 Å². The van der Waals surface area contributed by atoms with Gasteiger partial charge in [-0.15, -0.1) is 11.8 Å². The van der Waals surface area contributed by atoms with E-state index >= 15 is 0 Å². The molecule has 0 aliphatic heterocycles. The Kier molecular flexibility index (Phi) is 10.9. The molecule has 0 aliphatic carbocycles. The Morgan fingerprint density at radius 2 is 1.41 bits per heavy atom. The van der Waals surface area contributed by atoms with Gasteiger partial charge in [0.05, 0.1) is 0 Å². The number of carbonyl (C=O) groups is 3. The van der Waals surface area contributed by atoms with Crippen molar-refractivity contribution < 1.29 is 14.4 Å². The van der Waals surface area contributed by atoms with E-state index in [1.165, 1.54) is 11.8 Å². The highest BCUT2D eigenvalue weighted by Crippen LogP contribution is 2.38. The monoisotopic (exact) mass is 665 g/mol. The second kappa shape index (κ2) is 15.5. The average molecular weight is 667 g/mol. The fourth-order valence-corrected chi connectivity index (χ4v) is 5.88. The minimum atomic E-state index is -0.601. The topological polar surface area (TPSA) is 87.3 Å². The number of rotatable bonds is 10. The number of hydrogen-bond donors (Lipinski definition) is 3. The van der Waals surface area contributed by atoms with Gasteiger partial charge in [-0.05, 0) is 84.3 Å². The number of amides is 3. The summed E-state index contributed by atoms with van der Waals surface area (Å²) in [5.41, 5.74) is 3.86. The number of anilines is 2. The Morgan fingerprint density at radius 1 is 0.739 bits per heavy atom. The lowest BCUT2D eigenvalue weighted by Gasteiger charge is -2.19. The van der Waals surface area contributed by atoms with E-state index < -0.39 is 17.1 Å². The first-order chi connectivity index (χ1) is 22.3. The SMILES string of the molecule is Cc1c(Cl)cccc1NC(=O)C(Sc1cccc(NC(=O)/C(=C\c2ccc(Cl)cc2)NC(=O)c2ccccc2)c1)c1ccccc1. The van der Waals surface area contributed by atoms with Crippen molar-refractivity contribution in [2.24, 2.45) is 0 Å². The summed E-state index contributed by atoms with van der Waals surface area (Å²) >= 11 is 13.7. The Labute approximate surface area is 281 Å². The van der Waals surface area contributed by atoms with Crippen LogP contribution in [0.3, 0.4) is 0 Å². The summed E-state index contributed by atoms with van der Waals surface area (Å²) in [5, 5.41) is 9.17. The molecular formula is C37H29Cl2N3O3S. The van der Waals surface area contributed by atoms with Gasteiger partial charge in [0, 0.05) is 31.9 Å². The van der Waals surface area contributed by atoms with E-state index in [2.05, 4.69) is 16.0 Å². The maximum absolute atomic E-state index is 13.6. The van der Waals surface area contributed by atoms with Crippen molar-refractivity contribution in [2.45, 2.75) is 17.1 Å². The summed E-state index contributed by atoms with van der Waals surface area (Å²) in [5.74, 6) is -1.16. The molecule has 5 aromatic carbocycles. The largest absolute Gasteiger partial charge is 0.325 e. The highest BCUT2D eigenvalue weighted by molar-refractivity contribution is 8.00. The van der Waals surface area contributed by atoms with Crippen LogP contribution in [-0.2, 0) is 9.59 Å². The molecule has 1 atom stereocenters. The van der Waals surface area contributed by atoms with Crippen LogP contribution in [0, 0.1) is 6.92 Å². The van der Waals surface area contributed by atoms with E-state index in [-0.39, 0.29) is 11.6 Å². The molecule has 3 amide bonds. The van der Waals surface area contributed by atoms with E-state index in [1.807, 2.05) is 55.5 Å². The molecule has 1 unspecified atom stereocenters. The van der Waals surface area contributed by atoms with Gasteiger partial charge in [0.1, 0.15) is 10.9 Å². The van der Waals surface area contributed by atoms with Gasteiger partial charge in [0.25, 0.3) is 11.8 Å². The first-order valence-corrected chi connectivity index (χ1v) is 15.9. The van der Waals surface area contributed by atoms with Crippen LogP contribution in [0.25, 0.3) is 6.08 Å². The molecule has 0 radical (unpaired) electrons. The van der Waals surface area contributed by atoms with Gasteiger partial charge in [0.2, 0.25) is 5.91 Å². The molecule has 0 bridgehead atoms. The second-order valence-electron chi connectivity index (χ2n) is 10.2. The molecule has 230 valence electrons. The summed E-state index contributed by atoms with van der Waals surface area (Å²) in [7, 11) is 0. The maximum atomic E-state index is 13.6. The Hall–Kier alpha value is -4.82. The third kappa shape index (κ3) is 8.67. The molecule has 0 spiro atoms. The van der Waals surface area contributed by atoms with Crippen LogP contribution in [-0.4, -0.2) is 17.7 Å². The van der Waals surface area contributed by atoms with Crippen LogP contribution in [0.4, 0.5) is 11.4 Å². The first-order valence-electron chi connectivity index (χ1n) is 14.3. The van der Waals surface area contributed by atoms with Crippen molar-refractivity contribution in [2.75, 3.05) is 10.6 Å². The average Bonchev–Trinajstić information content (AvgIpc) is 3.07. The number of thioether (sulfide) groups is 1. The number of halogens is 2. The molecule has 9 heteroatoms. The number of benzene rings is 5. The molecule has 3 N–H and O–H groups in total. The van der Waals surface area contributed by atoms with E-state index in [1.54, 1.807) is 84.9 Å². The number of carbonyl (C=O) groups excluding carboxylic acids is 3. The summed E-state index contributed by atoms with van der Waals surface area (Å²) in [6.07, 6.45) is 1.58. The van der Waals surface area contributed by atoms with Crippen molar-refractivity contribution in [3.05, 3.63) is 165 Å². The van der Waals surface area contributed by atoms with Crippen LogP contribution in [0.2, 0.25) is 10.0 Å². The summed E-state index contributed by atoms with van der Waals surface area (Å²) in [4.78, 5) is 41.0. The molecule has 0 fully saturated rings. The van der Waals surface area contributed by atoms with Crippen LogP contribution < -0.4 is 16.0 Å². The molecule has 0 heterocycles. The van der Waals surface area contributed by atoms with Crippen LogP contribution >= 0.6 is 35.0 Å². The highest BCUT2D eigenvalue weighted by atomic mass is 35.5. The predicted octanol–water partition coefficient (Wildman–Crippen LogP) is 9.18. The molecule has 0 saturated carbocycles. The van der Waals surface area contributed by atoms with Crippen LogP contribution in [0.15, 0.2) is 138 Å². The van der Waals surface area contributed by atoms with Gasteiger partial charge in [0.15, 0.2) is 0 Å². The van der Waals surface area contributed by atoms with E-state index in [0.29, 0.717) is 32.5 Å². The minimum absolute atomic E-state index is 0.0488. The molecular weight excluding hydrogens is 637 g/mol. The Balaban J connectivity index is 1.38. The summed E-state index contributed by atoms with van der Waals surface area (Å²) in [6, 6.07) is 37.6. The second-order valence-corrected chi connectivity index (χ2v) is 12.2. The standard InChI is InChI=1S/C37H29Cl2N3O3S/c1-24-31(39)16-9-17-32(24)41-37(45)34(26-10-4-2-5-11-26)46-30-15-8-14-29(23-30)40-36(44)33(22-25-18-20-28(38)21-19-25)42-35(43)27-12-6-3-7-13-27/h2-23,34H,1H3,(H,40,44)(H,41,45)(H,42,43)/b33-22+. The third-order valence-electron chi connectivity index (χ3n) is 6.92. The lowest BCUT2D eigenvalue weighted by Crippen LogP contribution is -2.30. The normalized spacial score (nSPS) is 11.8. The summed E-state index contributed by atoms with van der Waals surface area (Å²) < 4.78 is 0. The molecule has 0 aromatic heterocycles. The first kappa shape index (κ1) is 32.6. The van der Waals surface area contributed by atoms with E-state index in [0.717, 1.165) is 16.0 Å². The zero-order valence-corrected chi connectivity index (χ0v) is 27.0. The van der Waals surface area contributed by atoms with E-state index in [4.69, 9.17) is 23.2 Å². The van der Waals surface area contributed by atoms with Crippen molar-refractivity contribution in [3.63, 3.8) is 0 Å². The molecule has 46 heavy (non-hydrogen) atoms. The van der Waals surface area contributed by atoms with Gasteiger partial charge >= 0.3 is 0 Å². The van der Waals surface area contributed by atoms with Gasteiger partial charge in [-0.25, -0.2) is 0 Å². The van der Waals surface area contributed by atoms with Crippen LogP contribution in [0.1, 0.15) is 32.3 Å². The van der Waals surface area contributed by atoms with Crippen molar-refractivity contribution in [3.8, 4) is 0 Å².